The molecule has 2 aromatic rings. The van der Waals surface area contributed by atoms with E-state index in [1.54, 1.807) is 16.2 Å². The number of aryl methyl sites for hydroxylation is 1. The van der Waals surface area contributed by atoms with Crippen LogP contribution in [-0.2, 0) is 12.8 Å². The molecule has 2 aromatic heterocycles. The van der Waals surface area contributed by atoms with Gasteiger partial charge in [0.1, 0.15) is 5.01 Å². The predicted molar refractivity (Wildman–Crippen MR) is 78.3 cm³/mol. The van der Waals surface area contributed by atoms with E-state index >= 15 is 0 Å². The molecule has 1 spiro atoms. The molecule has 2 nitrogen and oxygen atoms in total. The number of thiazole rings is 1. The topological polar surface area (TPSA) is 38.9 Å². The Hall–Kier alpha value is -0.870. The summed E-state index contributed by atoms with van der Waals surface area (Å²) in [5.41, 5.74) is 10.8. The molecule has 0 unspecified atom stereocenters. The first-order chi connectivity index (χ1) is 8.67. The molecule has 0 bridgehead atoms. The fraction of sp³-hybridized carbons (Fsp3) is 0.500. The maximum atomic E-state index is 6.26. The predicted octanol–water partition coefficient (Wildman–Crippen LogP) is 4.03. The second-order valence-electron chi connectivity index (χ2n) is 5.71. The van der Waals surface area contributed by atoms with Crippen molar-refractivity contribution in [2.75, 3.05) is 5.73 Å². The largest absolute Gasteiger partial charge is 0.390 e. The van der Waals surface area contributed by atoms with Crippen LogP contribution in [-0.4, -0.2) is 4.98 Å². The second-order valence-corrected chi connectivity index (χ2v) is 7.71. The number of nitrogens with zero attached hydrogens (tertiary/aromatic N) is 1. The molecular weight excluding hydrogens is 260 g/mol. The minimum atomic E-state index is 0.667. The molecule has 4 rings (SSSR count). The van der Waals surface area contributed by atoms with Gasteiger partial charge in [-0.15, -0.1) is 22.7 Å². The third kappa shape index (κ3) is 1.55. The van der Waals surface area contributed by atoms with Gasteiger partial charge in [0.25, 0.3) is 0 Å². The van der Waals surface area contributed by atoms with E-state index in [0.29, 0.717) is 5.41 Å². The third-order valence-electron chi connectivity index (χ3n) is 4.35. The molecule has 18 heavy (non-hydrogen) atoms. The van der Waals surface area contributed by atoms with Crippen LogP contribution < -0.4 is 5.73 Å². The van der Waals surface area contributed by atoms with Crippen LogP contribution in [0.3, 0.4) is 0 Å². The lowest BCUT2D eigenvalue weighted by atomic mass is 9.85. The molecule has 0 aromatic carbocycles. The summed E-state index contributed by atoms with van der Waals surface area (Å²) in [5, 5.41) is 4.21. The lowest BCUT2D eigenvalue weighted by molar-refractivity contribution is 0.444. The smallest absolute Gasteiger partial charge is 0.126 e. The summed E-state index contributed by atoms with van der Waals surface area (Å²) < 4.78 is 0. The van der Waals surface area contributed by atoms with Crippen molar-refractivity contribution in [2.24, 2.45) is 5.41 Å². The zero-order chi connectivity index (χ0) is 12.3. The van der Waals surface area contributed by atoms with Gasteiger partial charge in [0.05, 0.1) is 5.00 Å². The van der Waals surface area contributed by atoms with Gasteiger partial charge in [0.15, 0.2) is 0 Å². The van der Waals surface area contributed by atoms with E-state index in [2.05, 4.69) is 10.4 Å². The zero-order valence-corrected chi connectivity index (χ0v) is 12.1. The molecule has 0 radical (unpaired) electrons. The Morgan fingerprint density at radius 2 is 2.17 bits per heavy atom. The fourth-order valence-corrected chi connectivity index (χ4v) is 5.31. The minimum absolute atomic E-state index is 0.667. The Balaban J connectivity index is 1.82. The van der Waals surface area contributed by atoms with Gasteiger partial charge in [0.2, 0.25) is 0 Å². The van der Waals surface area contributed by atoms with Crippen LogP contribution in [0.15, 0.2) is 5.38 Å². The number of fused-ring (bicyclic) bond motifs is 1. The number of aromatic nitrogens is 1. The Morgan fingerprint density at radius 1 is 1.33 bits per heavy atom. The summed E-state index contributed by atoms with van der Waals surface area (Å²) in [5.74, 6) is 0. The van der Waals surface area contributed by atoms with Crippen molar-refractivity contribution in [1.29, 1.82) is 0 Å². The highest BCUT2D eigenvalue weighted by molar-refractivity contribution is 7.18. The van der Waals surface area contributed by atoms with Crippen molar-refractivity contribution < 1.29 is 0 Å². The standard InChI is InChI=1S/C14H16N2S2/c1-8-7-17-13(16-8)11-9-2-3-14(4-5-14)6-10(9)18-12(11)15/h7H,2-6,15H2,1H3. The van der Waals surface area contributed by atoms with Gasteiger partial charge in [0, 0.05) is 21.5 Å². The number of thiophene rings is 1. The van der Waals surface area contributed by atoms with E-state index in [9.17, 15) is 0 Å². The first-order valence-electron chi connectivity index (χ1n) is 6.49. The number of hydrogen-bond acceptors (Lipinski definition) is 4. The van der Waals surface area contributed by atoms with Gasteiger partial charge in [-0.2, -0.15) is 0 Å². The maximum absolute atomic E-state index is 6.26. The molecule has 0 amide bonds. The Labute approximate surface area is 115 Å². The third-order valence-corrected chi connectivity index (χ3v) is 6.39. The molecule has 0 saturated heterocycles. The zero-order valence-electron chi connectivity index (χ0n) is 10.5. The second kappa shape index (κ2) is 3.58. The van der Waals surface area contributed by atoms with Crippen molar-refractivity contribution in [1.82, 2.24) is 4.98 Å². The van der Waals surface area contributed by atoms with E-state index in [1.807, 2.05) is 18.3 Å². The Morgan fingerprint density at radius 3 is 2.83 bits per heavy atom. The molecule has 0 atom stereocenters. The van der Waals surface area contributed by atoms with Gasteiger partial charge >= 0.3 is 0 Å². The number of nitrogens with two attached hydrogens (primary N) is 1. The van der Waals surface area contributed by atoms with Crippen LogP contribution in [0, 0.1) is 12.3 Å². The molecule has 4 heteroatoms. The van der Waals surface area contributed by atoms with Crippen LogP contribution in [0.25, 0.3) is 10.6 Å². The van der Waals surface area contributed by atoms with Crippen molar-refractivity contribution >= 4 is 27.7 Å². The average molecular weight is 276 g/mol. The molecule has 2 aliphatic rings. The van der Waals surface area contributed by atoms with Crippen LogP contribution in [0.4, 0.5) is 5.00 Å². The normalized spacial score (nSPS) is 20.1. The van der Waals surface area contributed by atoms with Gasteiger partial charge in [-0.1, -0.05) is 0 Å². The summed E-state index contributed by atoms with van der Waals surface area (Å²) >= 11 is 3.53. The van der Waals surface area contributed by atoms with E-state index in [4.69, 9.17) is 5.73 Å². The monoisotopic (exact) mass is 276 g/mol. The highest BCUT2D eigenvalue weighted by atomic mass is 32.1. The molecule has 94 valence electrons. The molecule has 2 aliphatic carbocycles. The van der Waals surface area contributed by atoms with Crippen molar-refractivity contribution in [3.8, 4) is 10.6 Å². The number of nitrogen functional groups attached to an aromatic ring is 1. The summed E-state index contributed by atoms with van der Waals surface area (Å²) in [6.07, 6.45) is 6.68. The van der Waals surface area contributed by atoms with Crippen LogP contribution >= 0.6 is 22.7 Å². The lowest BCUT2D eigenvalue weighted by Gasteiger charge is -2.21. The van der Waals surface area contributed by atoms with Crippen LogP contribution in [0.1, 0.15) is 35.4 Å². The van der Waals surface area contributed by atoms with E-state index < -0.39 is 0 Å². The SMILES string of the molecule is Cc1csc(-c2c(N)sc3c2CCC2(CC2)C3)n1. The number of rotatable bonds is 1. The van der Waals surface area contributed by atoms with Crippen molar-refractivity contribution in [3.63, 3.8) is 0 Å². The van der Waals surface area contributed by atoms with Gasteiger partial charge in [-0.25, -0.2) is 4.98 Å². The minimum Gasteiger partial charge on any atom is -0.390 e. The molecule has 0 aliphatic heterocycles. The summed E-state index contributed by atoms with van der Waals surface area (Å²) in [6, 6.07) is 0. The van der Waals surface area contributed by atoms with E-state index in [1.165, 1.54) is 43.2 Å². The molecule has 2 N–H and O–H groups in total. The highest BCUT2D eigenvalue weighted by Crippen LogP contribution is 2.58. The molecule has 1 fully saturated rings. The van der Waals surface area contributed by atoms with Crippen molar-refractivity contribution in [2.45, 2.75) is 39.0 Å². The van der Waals surface area contributed by atoms with Crippen molar-refractivity contribution in [3.05, 3.63) is 21.5 Å². The first kappa shape index (κ1) is 11.0. The highest BCUT2D eigenvalue weighted by Gasteiger charge is 2.45. The quantitative estimate of drug-likeness (QED) is 0.854. The number of anilines is 1. The average Bonchev–Trinajstić information content (AvgIpc) is 2.79. The molecule has 2 heterocycles. The van der Waals surface area contributed by atoms with E-state index in [-0.39, 0.29) is 0 Å². The van der Waals surface area contributed by atoms with Gasteiger partial charge in [-0.3, -0.25) is 0 Å². The Bertz CT molecular complexity index is 620. The number of hydrogen-bond donors (Lipinski definition) is 1. The fourth-order valence-electron chi connectivity index (χ4n) is 3.07. The summed E-state index contributed by atoms with van der Waals surface area (Å²) in [4.78, 5) is 6.16. The Kier molecular flexibility index (Phi) is 2.19. The summed E-state index contributed by atoms with van der Waals surface area (Å²) in [6.45, 7) is 2.05. The van der Waals surface area contributed by atoms with Gasteiger partial charge in [-0.05, 0) is 50.0 Å². The lowest BCUT2D eigenvalue weighted by Crippen LogP contribution is -2.13. The van der Waals surface area contributed by atoms with Crippen LogP contribution in [0.2, 0.25) is 0 Å². The van der Waals surface area contributed by atoms with Crippen LogP contribution in [0.5, 0.6) is 0 Å². The maximum Gasteiger partial charge on any atom is 0.126 e. The van der Waals surface area contributed by atoms with E-state index in [0.717, 1.165) is 15.7 Å². The van der Waals surface area contributed by atoms with Gasteiger partial charge < -0.3 is 5.73 Å². The molecule has 1 saturated carbocycles. The summed E-state index contributed by atoms with van der Waals surface area (Å²) in [7, 11) is 0. The first-order valence-corrected chi connectivity index (χ1v) is 8.19. The molecular formula is C14H16N2S2.